The fourth-order valence-electron chi connectivity index (χ4n) is 1.92. The maximum absolute atomic E-state index is 9.76. The van der Waals surface area contributed by atoms with Gasteiger partial charge in [0.25, 0.3) is 0 Å². The van der Waals surface area contributed by atoms with Crippen LogP contribution >= 0.6 is 27.3 Å². The Labute approximate surface area is 96.0 Å². The Morgan fingerprint density at radius 1 is 1.36 bits per heavy atom. The molecule has 1 aliphatic heterocycles. The Hall–Kier alpha value is 0.100. The summed E-state index contributed by atoms with van der Waals surface area (Å²) in [7, 11) is 0. The minimum absolute atomic E-state index is 0.148. The number of hydrogen-bond acceptors (Lipinski definition) is 3. The molecule has 0 saturated carbocycles. The predicted octanol–water partition coefficient (Wildman–Crippen LogP) is 2.60. The standard InChI is InChI=1S/C10H13BrO2S/c1-5-9(10(11)6(2)14-5)7-3-13-4-8(7)12/h7-8,12H,3-4H2,1-2H3/t7-,8-/m0/s1. The van der Waals surface area contributed by atoms with Crippen molar-refractivity contribution in [2.75, 3.05) is 13.2 Å². The van der Waals surface area contributed by atoms with Gasteiger partial charge in [-0.1, -0.05) is 0 Å². The summed E-state index contributed by atoms with van der Waals surface area (Å²) < 4.78 is 6.42. The lowest BCUT2D eigenvalue weighted by molar-refractivity contribution is 0.124. The first-order valence-corrected chi connectivity index (χ1v) is 6.23. The molecule has 1 aromatic rings. The second kappa shape index (κ2) is 3.93. The van der Waals surface area contributed by atoms with Gasteiger partial charge in [-0.05, 0) is 35.3 Å². The van der Waals surface area contributed by atoms with Gasteiger partial charge in [-0.15, -0.1) is 11.3 Å². The molecule has 0 spiro atoms. The van der Waals surface area contributed by atoms with Crippen molar-refractivity contribution >= 4 is 27.3 Å². The molecule has 0 amide bonds. The quantitative estimate of drug-likeness (QED) is 0.855. The van der Waals surface area contributed by atoms with E-state index in [4.69, 9.17) is 4.74 Å². The molecule has 0 aliphatic carbocycles. The number of hydrogen-bond donors (Lipinski definition) is 1. The SMILES string of the molecule is Cc1sc(C)c([C@H]2COC[C@@H]2O)c1Br. The minimum atomic E-state index is -0.348. The summed E-state index contributed by atoms with van der Waals surface area (Å²) in [5, 5.41) is 9.76. The van der Waals surface area contributed by atoms with E-state index in [9.17, 15) is 5.11 Å². The van der Waals surface area contributed by atoms with Crippen LogP contribution in [0.3, 0.4) is 0 Å². The molecule has 2 rings (SSSR count). The van der Waals surface area contributed by atoms with Crippen LogP contribution in [-0.2, 0) is 4.74 Å². The third kappa shape index (κ3) is 1.65. The fraction of sp³-hybridized carbons (Fsp3) is 0.600. The average molecular weight is 277 g/mol. The molecule has 0 aromatic carbocycles. The largest absolute Gasteiger partial charge is 0.390 e. The van der Waals surface area contributed by atoms with Crippen LogP contribution in [-0.4, -0.2) is 24.4 Å². The zero-order chi connectivity index (χ0) is 10.3. The summed E-state index contributed by atoms with van der Waals surface area (Å²) in [6.45, 7) is 5.29. The van der Waals surface area contributed by atoms with E-state index in [0.717, 1.165) is 4.47 Å². The van der Waals surface area contributed by atoms with Crippen molar-refractivity contribution in [1.82, 2.24) is 0 Å². The molecule has 4 heteroatoms. The zero-order valence-electron chi connectivity index (χ0n) is 8.21. The first-order valence-electron chi connectivity index (χ1n) is 4.62. The van der Waals surface area contributed by atoms with Crippen LogP contribution in [0.15, 0.2) is 4.47 Å². The number of thiophene rings is 1. The Morgan fingerprint density at radius 3 is 2.50 bits per heavy atom. The van der Waals surface area contributed by atoms with Crippen LogP contribution < -0.4 is 0 Å². The highest BCUT2D eigenvalue weighted by molar-refractivity contribution is 9.10. The number of aryl methyl sites for hydroxylation is 2. The summed E-state index contributed by atoms with van der Waals surface area (Å²) in [6.07, 6.45) is -0.348. The van der Waals surface area contributed by atoms with E-state index in [1.807, 2.05) is 0 Å². The number of halogens is 1. The molecule has 0 radical (unpaired) electrons. The lowest BCUT2D eigenvalue weighted by Crippen LogP contribution is -2.16. The number of aliphatic hydroxyl groups excluding tert-OH is 1. The molecule has 1 N–H and O–H groups in total. The Bertz CT molecular complexity index is 348. The molecular weight excluding hydrogens is 264 g/mol. The molecule has 2 atom stereocenters. The minimum Gasteiger partial charge on any atom is -0.390 e. The smallest absolute Gasteiger partial charge is 0.0864 e. The highest BCUT2D eigenvalue weighted by Gasteiger charge is 2.31. The van der Waals surface area contributed by atoms with Crippen LogP contribution in [0.5, 0.6) is 0 Å². The van der Waals surface area contributed by atoms with E-state index < -0.39 is 0 Å². The summed E-state index contributed by atoms with van der Waals surface area (Å²) in [6, 6.07) is 0. The van der Waals surface area contributed by atoms with Crippen LogP contribution in [0.1, 0.15) is 21.2 Å². The molecule has 2 nitrogen and oxygen atoms in total. The van der Waals surface area contributed by atoms with Crippen molar-refractivity contribution in [3.05, 3.63) is 19.8 Å². The third-order valence-corrected chi connectivity index (χ3v) is 4.97. The molecule has 0 bridgehead atoms. The van der Waals surface area contributed by atoms with Gasteiger partial charge < -0.3 is 9.84 Å². The van der Waals surface area contributed by atoms with Gasteiger partial charge in [0.2, 0.25) is 0 Å². The molecular formula is C10H13BrO2S. The second-order valence-electron chi connectivity index (χ2n) is 3.65. The number of rotatable bonds is 1. The molecule has 0 unspecified atom stereocenters. The summed E-state index contributed by atoms with van der Waals surface area (Å²) in [5.74, 6) is 0.148. The van der Waals surface area contributed by atoms with E-state index >= 15 is 0 Å². The summed E-state index contributed by atoms with van der Waals surface area (Å²) >= 11 is 5.35. The Balaban J connectivity index is 2.39. The van der Waals surface area contributed by atoms with Crippen LogP contribution in [0.2, 0.25) is 0 Å². The van der Waals surface area contributed by atoms with Gasteiger partial charge in [0.15, 0.2) is 0 Å². The van der Waals surface area contributed by atoms with Crippen molar-refractivity contribution in [3.63, 3.8) is 0 Å². The molecule has 1 aliphatic rings. The van der Waals surface area contributed by atoms with Crippen molar-refractivity contribution in [2.45, 2.75) is 25.9 Å². The first kappa shape index (κ1) is 10.6. The van der Waals surface area contributed by atoms with Crippen molar-refractivity contribution in [3.8, 4) is 0 Å². The van der Waals surface area contributed by atoms with Gasteiger partial charge in [0.1, 0.15) is 0 Å². The average Bonchev–Trinajstić information content (AvgIpc) is 2.60. The Morgan fingerprint density at radius 2 is 2.07 bits per heavy atom. The van der Waals surface area contributed by atoms with Crippen LogP contribution in [0.25, 0.3) is 0 Å². The fourth-order valence-corrected chi connectivity index (χ4v) is 3.90. The summed E-state index contributed by atoms with van der Waals surface area (Å²) in [4.78, 5) is 2.56. The third-order valence-electron chi connectivity index (χ3n) is 2.65. The van der Waals surface area contributed by atoms with Gasteiger partial charge in [-0.2, -0.15) is 0 Å². The topological polar surface area (TPSA) is 29.5 Å². The molecule has 2 heterocycles. The van der Waals surface area contributed by atoms with Gasteiger partial charge in [-0.25, -0.2) is 0 Å². The zero-order valence-corrected chi connectivity index (χ0v) is 10.6. The number of aliphatic hydroxyl groups is 1. The van der Waals surface area contributed by atoms with Gasteiger partial charge in [0.05, 0.1) is 19.3 Å². The van der Waals surface area contributed by atoms with Crippen molar-refractivity contribution < 1.29 is 9.84 Å². The highest BCUT2D eigenvalue weighted by Crippen LogP contribution is 2.40. The van der Waals surface area contributed by atoms with Gasteiger partial charge >= 0.3 is 0 Å². The van der Waals surface area contributed by atoms with E-state index in [2.05, 4.69) is 29.8 Å². The Kier molecular flexibility index (Phi) is 2.98. The highest BCUT2D eigenvalue weighted by atomic mass is 79.9. The molecule has 78 valence electrons. The lowest BCUT2D eigenvalue weighted by atomic mass is 9.97. The van der Waals surface area contributed by atoms with E-state index in [1.54, 1.807) is 11.3 Å². The molecule has 1 saturated heterocycles. The second-order valence-corrected chi connectivity index (χ2v) is 5.88. The van der Waals surface area contributed by atoms with E-state index in [1.165, 1.54) is 15.3 Å². The molecule has 1 fully saturated rings. The summed E-state index contributed by atoms with van der Waals surface area (Å²) in [5.41, 5.74) is 1.23. The predicted molar refractivity (Wildman–Crippen MR) is 61.1 cm³/mol. The van der Waals surface area contributed by atoms with Crippen molar-refractivity contribution in [1.29, 1.82) is 0 Å². The molecule has 1 aromatic heterocycles. The van der Waals surface area contributed by atoms with E-state index in [0.29, 0.717) is 13.2 Å². The number of ether oxygens (including phenoxy) is 1. The van der Waals surface area contributed by atoms with Crippen LogP contribution in [0, 0.1) is 13.8 Å². The van der Waals surface area contributed by atoms with Gasteiger partial charge in [0, 0.05) is 20.1 Å². The normalized spacial score (nSPS) is 27.1. The van der Waals surface area contributed by atoms with Crippen LogP contribution in [0.4, 0.5) is 0 Å². The maximum atomic E-state index is 9.76. The lowest BCUT2D eigenvalue weighted by Gasteiger charge is -2.13. The van der Waals surface area contributed by atoms with Gasteiger partial charge in [-0.3, -0.25) is 0 Å². The van der Waals surface area contributed by atoms with Crippen molar-refractivity contribution in [2.24, 2.45) is 0 Å². The molecule has 14 heavy (non-hydrogen) atoms. The maximum Gasteiger partial charge on any atom is 0.0864 e. The first-order chi connectivity index (χ1) is 6.61. The monoisotopic (exact) mass is 276 g/mol. The van der Waals surface area contributed by atoms with E-state index in [-0.39, 0.29) is 12.0 Å².